The van der Waals surface area contributed by atoms with Crippen molar-refractivity contribution in [1.82, 2.24) is 0 Å². The summed E-state index contributed by atoms with van der Waals surface area (Å²) in [6, 6.07) is 14.0. The van der Waals surface area contributed by atoms with Gasteiger partial charge in [-0.15, -0.1) is 0 Å². The zero-order chi connectivity index (χ0) is 30.6. The molecule has 1 saturated heterocycles. The second-order valence-corrected chi connectivity index (χ2v) is 9.60. The molecule has 0 radical (unpaired) electrons. The Bertz CT molecular complexity index is 1540. The number of hydrogen-bond acceptors (Lipinski definition) is 12. The molecule has 0 saturated carbocycles. The van der Waals surface area contributed by atoms with E-state index in [0.717, 1.165) is 26.3 Å². The molecule has 0 unspecified atom stereocenters. The lowest BCUT2D eigenvalue weighted by Crippen LogP contribution is -2.63. The van der Waals surface area contributed by atoms with Crippen molar-refractivity contribution in [3.05, 3.63) is 64.5 Å². The second-order valence-electron chi connectivity index (χ2n) is 9.60. The molecule has 0 amide bonds. The van der Waals surface area contributed by atoms with Crippen LogP contribution in [0.25, 0.3) is 22.1 Å². The average molecular weight is 583 g/mol. The van der Waals surface area contributed by atoms with Gasteiger partial charge in [0.25, 0.3) is 0 Å². The van der Waals surface area contributed by atoms with E-state index in [1.165, 1.54) is 13.0 Å². The predicted octanol–water partition coefficient (Wildman–Crippen LogP) is 3.23. The van der Waals surface area contributed by atoms with Crippen LogP contribution in [0.4, 0.5) is 0 Å². The van der Waals surface area contributed by atoms with Crippen molar-refractivity contribution < 1.29 is 52.0 Å². The molecule has 4 rings (SSSR count). The first-order valence-corrected chi connectivity index (χ1v) is 13.0. The number of carbonyl (C=O) groups excluding carboxylic acids is 4. The van der Waals surface area contributed by atoms with E-state index in [4.69, 9.17) is 32.8 Å². The van der Waals surface area contributed by atoms with Gasteiger partial charge in [0.05, 0.1) is 0 Å². The van der Waals surface area contributed by atoms with Gasteiger partial charge in [-0.25, -0.2) is 4.79 Å². The SMILES string of the molecule is CC(=O)OC[C@H]1O[C@H](Oc2ccc3c(-c4ccccc4)cc(=O)oc3c2C)[C@H](OC(C)=O)[C@@H](OC(C)=O)[C@H]1OC(C)=O. The summed E-state index contributed by atoms with van der Waals surface area (Å²) in [4.78, 5) is 60.3. The molecule has 12 heteroatoms. The average Bonchev–Trinajstić information content (AvgIpc) is 2.92. The van der Waals surface area contributed by atoms with E-state index in [9.17, 15) is 24.0 Å². The summed E-state index contributed by atoms with van der Waals surface area (Å²) in [6.45, 7) is 5.84. The van der Waals surface area contributed by atoms with Crippen LogP contribution in [0.3, 0.4) is 0 Å². The monoisotopic (exact) mass is 582 g/mol. The van der Waals surface area contributed by atoms with Crippen LogP contribution in [0.2, 0.25) is 0 Å². The summed E-state index contributed by atoms with van der Waals surface area (Å²) in [5.74, 6) is -2.72. The van der Waals surface area contributed by atoms with Crippen molar-refractivity contribution in [2.45, 2.75) is 65.3 Å². The zero-order valence-electron chi connectivity index (χ0n) is 23.6. The molecule has 0 spiro atoms. The molecular weight excluding hydrogens is 552 g/mol. The predicted molar refractivity (Wildman–Crippen MR) is 145 cm³/mol. The molecule has 2 aromatic carbocycles. The highest BCUT2D eigenvalue weighted by Gasteiger charge is 2.53. The maximum atomic E-state index is 12.5. The number of ether oxygens (including phenoxy) is 6. The lowest BCUT2D eigenvalue weighted by Gasteiger charge is -2.44. The van der Waals surface area contributed by atoms with Crippen molar-refractivity contribution in [3.63, 3.8) is 0 Å². The van der Waals surface area contributed by atoms with Crippen molar-refractivity contribution >= 4 is 34.8 Å². The number of benzene rings is 2. The fourth-order valence-corrected chi connectivity index (χ4v) is 4.74. The van der Waals surface area contributed by atoms with Gasteiger partial charge in [-0.3, -0.25) is 19.2 Å². The van der Waals surface area contributed by atoms with Gasteiger partial charge in [0, 0.05) is 44.7 Å². The highest BCUT2D eigenvalue weighted by atomic mass is 16.7. The van der Waals surface area contributed by atoms with Crippen LogP contribution in [0.15, 0.2) is 57.7 Å². The minimum atomic E-state index is -1.44. The molecule has 42 heavy (non-hydrogen) atoms. The molecule has 1 aromatic heterocycles. The van der Waals surface area contributed by atoms with Gasteiger partial charge in [-0.2, -0.15) is 0 Å². The van der Waals surface area contributed by atoms with Crippen LogP contribution < -0.4 is 10.4 Å². The van der Waals surface area contributed by atoms with Crippen LogP contribution in [-0.2, 0) is 42.9 Å². The molecule has 5 atom stereocenters. The van der Waals surface area contributed by atoms with Crippen molar-refractivity contribution in [1.29, 1.82) is 0 Å². The Labute approximate surface area is 240 Å². The molecule has 2 heterocycles. The molecule has 0 aliphatic carbocycles. The number of hydrogen-bond donors (Lipinski definition) is 0. The Hall–Kier alpha value is -4.71. The minimum Gasteiger partial charge on any atom is -0.463 e. The normalized spacial score (nSPS) is 21.7. The van der Waals surface area contributed by atoms with Gasteiger partial charge >= 0.3 is 29.5 Å². The lowest BCUT2D eigenvalue weighted by molar-refractivity contribution is -0.288. The third-order valence-corrected chi connectivity index (χ3v) is 6.39. The fourth-order valence-electron chi connectivity index (χ4n) is 4.74. The van der Waals surface area contributed by atoms with E-state index in [2.05, 4.69) is 0 Å². The van der Waals surface area contributed by atoms with Gasteiger partial charge in [0.1, 0.15) is 24.0 Å². The first-order valence-electron chi connectivity index (χ1n) is 13.0. The van der Waals surface area contributed by atoms with Crippen LogP contribution in [0, 0.1) is 6.92 Å². The number of rotatable bonds is 8. The van der Waals surface area contributed by atoms with Gasteiger partial charge < -0.3 is 32.8 Å². The third-order valence-electron chi connectivity index (χ3n) is 6.39. The molecule has 0 bridgehead atoms. The largest absolute Gasteiger partial charge is 0.463 e. The van der Waals surface area contributed by atoms with Gasteiger partial charge in [-0.1, -0.05) is 30.3 Å². The highest BCUT2D eigenvalue weighted by molar-refractivity contribution is 5.95. The van der Waals surface area contributed by atoms with Crippen LogP contribution in [-0.4, -0.2) is 61.2 Å². The third kappa shape index (κ3) is 6.95. The molecule has 1 aliphatic heterocycles. The van der Waals surface area contributed by atoms with Crippen LogP contribution in [0.5, 0.6) is 5.75 Å². The molecule has 0 N–H and O–H groups in total. The van der Waals surface area contributed by atoms with Gasteiger partial charge in [-0.05, 0) is 30.2 Å². The summed E-state index contributed by atoms with van der Waals surface area (Å²) in [5, 5.41) is 0.646. The molecule has 222 valence electrons. The number of fused-ring (bicyclic) bond motifs is 1. The Morgan fingerprint density at radius 3 is 2.02 bits per heavy atom. The quantitative estimate of drug-likeness (QED) is 0.218. The molecule has 12 nitrogen and oxygen atoms in total. The summed E-state index contributed by atoms with van der Waals surface area (Å²) in [6.07, 6.45) is -6.74. The zero-order valence-corrected chi connectivity index (χ0v) is 23.6. The Morgan fingerprint density at radius 2 is 1.40 bits per heavy atom. The van der Waals surface area contributed by atoms with Crippen LogP contribution in [0.1, 0.15) is 33.3 Å². The Kier molecular flexibility index (Phi) is 9.26. The van der Waals surface area contributed by atoms with Gasteiger partial charge in [0.2, 0.25) is 12.4 Å². The maximum Gasteiger partial charge on any atom is 0.336 e. The van der Waals surface area contributed by atoms with Crippen molar-refractivity contribution in [2.75, 3.05) is 6.61 Å². The fraction of sp³-hybridized carbons (Fsp3) is 0.367. The first kappa shape index (κ1) is 30.3. The molecule has 3 aromatic rings. The van der Waals surface area contributed by atoms with E-state index < -0.39 is 66.8 Å². The van der Waals surface area contributed by atoms with Crippen molar-refractivity contribution in [3.8, 4) is 16.9 Å². The summed E-state index contributed by atoms with van der Waals surface area (Å²) < 4.78 is 39.1. The van der Waals surface area contributed by atoms with E-state index in [0.29, 0.717) is 16.5 Å². The highest BCUT2D eigenvalue weighted by Crippen LogP contribution is 2.36. The molecular formula is C30H30O12. The van der Waals surface area contributed by atoms with E-state index in [-0.39, 0.29) is 11.3 Å². The Morgan fingerprint density at radius 1 is 0.786 bits per heavy atom. The van der Waals surface area contributed by atoms with Crippen LogP contribution >= 0.6 is 0 Å². The van der Waals surface area contributed by atoms with E-state index in [1.807, 2.05) is 30.3 Å². The molecule has 1 aliphatic rings. The summed E-state index contributed by atoms with van der Waals surface area (Å²) in [7, 11) is 0. The number of esters is 4. The summed E-state index contributed by atoms with van der Waals surface area (Å²) >= 11 is 0. The number of aryl methyl sites for hydroxylation is 1. The standard InChI is InChI=1S/C30H30O12/c1-15-23(12-11-21-22(13-25(35)42-26(15)21)20-9-7-6-8-10-20)40-30-29(39-19(5)34)28(38-18(4)33)27(37-17(3)32)24(41-30)14-36-16(2)31/h6-13,24,27-30H,14H2,1-5H3/t24-,27+,28+,29-,30+/m1/s1. The summed E-state index contributed by atoms with van der Waals surface area (Å²) in [5.41, 5.74) is 1.57. The molecule has 1 fully saturated rings. The first-order chi connectivity index (χ1) is 19.9. The van der Waals surface area contributed by atoms with Gasteiger partial charge in [0.15, 0.2) is 12.2 Å². The van der Waals surface area contributed by atoms with E-state index >= 15 is 0 Å². The Balaban J connectivity index is 1.78. The van der Waals surface area contributed by atoms with E-state index in [1.54, 1.807) is 19.1 Å². The maximum absolute atomic E-state index is 12.5. The number of carbonyl (C=O) groups is 4. The smallest absolute Gasteiger partial charge is 0.336 e. The topological polar surface area (TPSA) is 154 Å². The minimum absolute atomic E-state index is 0.191. The van der Waals surface area contributed by atoms with Crippen molar-refractivity contribution in [2.24, 2.45) is 0 Å². The second kappa shape index (κ2) is 12.9. The lowest BCUT2D eigenvalue weighted by atomic mass is 9.97.